The summed E-state index contributed by atoms with van der Waals surface area (Å²) in [6, 6.07) is 5.98. The lowest BCUT2D eigenvalue weighted by atomic mass is 10.0. The summed E-state index contributed by atoms with van der Waals surface area (Å²) in [5, 5.41) is 3.93. The van der Waals surface area contributed by atoms with Gasteiger partial charge in [0.25, 0.3) is 0 Å². The van der Waals surface area contributed by atoms with Crippen LogP contribution in [0, 0.1) is 0 Å². The Hall–Kier alpha value is -0.650. The highest BCUT2D eigenvalue weighted by atomic mass is 79.9. The van der Waals surface area contributed by atoms with E-state index < -0.39 is 0 Å². The second-order valence-corrected chi connectivity index (χ2v) is 6.39. The molecule has 3 nitrogen and oxygen atoms in total. The topological polar surface area (TPSA) is 35.0 Å². The summed E-state index contributed by atoms with van der Waals surface area (Å²) in [4.78, 5) is 0. The molecule has 0 aliphatic rings. The molecule has 18 heavy (non-hydrogen) atoms. The van der Waals surface area contributed by atoms with Gasteiger partial charge in [0.05, 0.1) is 0 Å². The fraction of sp³-hybridized carbons (Fsp3) is 0.333. The minimum absolute atomic E-state index is 0.344. The molecule has 0 radical (unpaired) electrons. The molecule has 2 aromatic rings. The Bertz CT molecular complexity index is 545. The maximum Gasteiger partial charge on any atom is 0.141 e. The van der Waals surface area contributed by atoms with E-state index in [1.54, 1.807) is 0 Å². The summed E-state index contributed by atoms with van der Waals surface area (Å²) in [6.07, 6.45) is 0. The first-order valence-corrected chi connectivity index (χ1v) is 7.41. The lowest BCUT2D eigenvalue weighted by molar-refractivity contribution is 0.297. The van der Waals surface area contributed by atoms with Crippen LogP contribution in [-0.4, -0.2) is 9.59 Å². The number of halogens is 2. The highest BCUT2D eigenvalue weighted by Crippen LogP contribution is 2.30. The van der Waals surface area contributed by atoms with E-state index in [-0.39, 0.29) is 0 Å². The van der Waals surface area contributed by atoms with Gasteiger partial charge in [-0.15, -0.1) is 5.10 Å². The number of benzene rings is 1. The van der Waals surface area contributed by atoms with E-state index in [2.05, 4.69) is 45.4 Å². The fourth-order valence-electron chi connectivity index (χ4n) is 1.53. The molecule has 0 fully saturated rings. The summed E-state index contributed by atoms with van der Waals surface area (Å²) in [5.74, 6) is 1.25. The highest BCUT2D eigenvalue weighted by molar-refractivity contribution is 9.10. The van der Waals surface area contributed by atoms with Crippen molar-refractivity contribution >= 4 is 39.1 Å². The van der Waals surface area contributed by atoms with E-state index >= 15 is 0 Å². The van der Waals surface area contributed by atoms with Crippen molar-refractivity contribution in [1.82, 2.24) is 9.59 Å². The minimum Gasteiger partial charge on any atom is -0.487 e. The second kappa shape index (κ2) is 5.99. The van der Waals surface area contributed by atoms with Gasteiger partial charge in [-0.3, -0.25) is 0 Å². The fourth-order valence-corrected chi connectivity index (χ4v) is 2.51. The molecular weight excluding hydrogens is 336 g/mol. The first-order chi connectivity index (χ1) is 8.58. The number of hydrogen-bond donors (Lipinski definition) is 0. The van der Waals surface area contributed by atoms with Gasteiger partial charge in [-0.2, -0.15) is 0 Å². The first-order valence-electron chi connectivity index (χ1n) is 5.47. The third kappa shape index (κ3) is 3.22. The van der Waals surface area contributed by atoms with Crippen LogP contribution in [-0.2, 0) is 6.61 Å². The normalized spacial score (nSPS) is 10.9. The van der Waals surface area contributed by atoms with Crippen molar-refractivity contribution in [2.75, 3.05) is 0 Å². The van der Waals surface area contributed by atoms with Crippen LogP contribution in [0.3, 0.4) is 0 Å². The molecule has 0 saturated heterocycles. The SMILES string of the molecule is CC(C)c1cc(Br)ccc1OCc1nnsc1Cl. The average molecular weight is 348 g/mol. The summed E-state index contributed by atoms with van der Waals surface area (Å²) in [5.41, 5.74) is 1.84. The second-order valence-electron chi connectivity index (χ2n) is 4.12. The molecule has 6 heteroatoms. The predicted molar refractivity (Wildman–Crippen MR) is 77.5 cm³/mol. The molecule has 96 valence electrons. The third-order valence-electron chi connectivity index (χ3n) is 2.47. The van der Waals surface area contributed by atoms with Crippen LogP contribution in [0.5, 0.6) is 5.75 Å². The molecule has 0 atom stereocenters. The van der Waals surface area contributed by atoms with Crippen molar-refractivity contribution < 1.29 is 4.74 Å². The third-order valence-corrected chi connectivity index (χ3v) is 3.95. The van der Waals surface area contributed by atoms with Gasteiger partial charge < -0.3 is 4.74 Å². The van der Waals surface area contributed by atoms with Gasteiger partial charge >= 0.3 is 0 Å². The van der Waals surface area contributed by atoms with Gasteiger partial charge in [-0.05, 0) is 29.7 Å². The molecule has 0 spiro atoms. The van der Waals surface area contributed by atoms with Crippen molar-refractivity contribution in [3.05, 3.63) is 38.3 Å². The zero-order valence-corrected chi connectivity index (χ0v) is 13.1. The van der Waals surface area contributed by atoms with E-state index in [9.17, 15) is 0 Å². The highest BCUT2D eigenvalue weighted by Gasteiger charge is 2.11. The Morgan fingerprint density at radius 1 is 1.44 bits per heavy atom. The monoisotopic (exact) mass is 346 g/mol. The first kappa shape index (κ1) is 13.8. The molecule has 0 aliphatic carbocycles. The van der Waals surface area contributed by atoms with Crippen molar-refractivity contribution in [3.63, 3.8) is 0 Å². The standard InChI is InChI=1S/C12H12BrClN2OS/c1-7(2)9-5-8(13)3-4-11(9)17-6-10-12(14)18-16-15-10/h3-5,7H,6H2,1-2H3. The summed E-state index contributed by atoms with van der Waals surface area (Å²) < 4.78 is 11.2. The molecule has 1 heterocycles. The van der Waals surface area contributed by atoms with Gasteiger partial charge in [0.2, 0.25) is 0 Å². The average Bonchev–Trinajstić information content (AvgIpc) is 2.73. The number of rotatable bonds is 4. The largest absolute Gasteiger partial charge is 0.487 e. The van der Waals surface area contributed by atoms with E-state index in [0.717, 1.165) is 15.8 Å². The Morgan fingerprint density at radius 2 is 2.22 bits per heavy atom. The number of ether oxygens (including phenoxy) is 1. The lowest BCUT2D eigenvalue weighted by Gasteiger charge is -2.13. The van der Waals surface area contributed by atoms with Gasteiger partial charge in [0.15, 0.2) is 0 Å². The quantitative estimate of drug-likeness (QED) is 0.807. The predicted octanol–water partition coefficient (Wildman–Crippen LogP) is 4.66. The van der Waals surface area contributed by atoms with Crippen LogP contribution < -0.4 is 4.74 Å². The Balaban J connectivity index is 2.16. The van der Waals surface area contributed by atoms with Crippen molar-refractivity contribution in [2.45, 2.75) is 26.4 Å². The van der Waals surface area contributed by atoms with Crippen LogP contribution in [0.2, 0.25) is 4.34 Å². The van der Waals surface area contributed by atoms with Crippen LogP contribution in [0.1, 0.15) is 31.0 Å². The van der Waals surface area contributed by atoms with E-state index in [0.29, 0.717) is 22.6 Å². The smallest absolute Gasteiger partial charge is 0.141 e. The van der Waals surface area contributed by atoms with Crippen LogP contribution in [0.15, 0.2) is 22.7 Å². The molecule has 0 saturated carbocycles. The molecule has 0 N–H and O–H groups in total. The lowest BCUT2D eigenvalue weighted by Crippen LogP contribution is -2.00. The zero-order valence-electron chi connectivity index (χ0n) is 9.98. The van der Waals surface area contributed by atoms with Crippen molar-refractivity contribution in [3.8, 4) is 5.75 Å². The number of nitrogens with zero attached hydrogens (tertiary/aromatic N) is 2. The Labute approximate surface area is 123 Å². The molecule has 0 bridgehead atoms. The van der Waals surface area contributed by atoms with Gasteiger partial charge in [-0.1, -0.05) is 45.9 Å². The summed E-state index contributed by atoms with van der Waals surface area (Å²) >= 11 is 10.6. The van der Waals surface area contributed by atoms with Crippen LogP contribution >= 0.6 is 39.1 Å². The number of aromatic nitrogens is 2. The Morgan fingerprint density at radius 3 is 2.83 bits per heavy atom. The van der Waals surface area contributed by atoms with Gasteiger partial charge in [0.1, 0.15) is 22.4 Å². The van der Waals surface area contributed by atoms with E-state index in [1.165, 1.54) is 11.5 Å². The summed E-state index contributed by atoms with van der Waals surface area (Å²) in [7, 11) is 0. The van der Waals surface area contributed by atoms with Crippen LogP contribution in [0.25, 0.3) is 0 Å². The maximum absolute atomic E-state index is 5.94. The van der Waals surface area contributed by atoms with Crippen molar-refractivity contribution in [1.29, 1.82) is 0 Å². The molecule has 2 rings (SSSR count). The Kier molecular flexibility index (Phi) is 4.59. The minimum atomic E-state index is 0.344. The van der Waals surface area contributed by atoms with E-state index in [1.807, 2.05) is 12.1 Å². The molecule has 0 amide bonds. The zero-order chi connectivity index (χ0) is 13.1. The van der Waals surface area contributed by atoms with E-state index in [4.69, 9.17) is 16.3 Å². The van der Waals surface area contributed by atoms with Gasteiger partial charge in [0, 0.05) is 16.0 Å². The van der Waals surface area contributed by atoms with Crippen molar-refractivity contribution in [2.24, 2.45) is 0 Å². The number of hydrogen-bond acceptors (Lipinski definition) is 4. The molecule has 1 aromatic carbocycles. The molecule has 1 aromatic heterocycles. The molecule has 0 unspecified atom stereocenters. The molecule has 0 aliphatic heterocycles. The van der Waals surface area contributed by atoms with Gasteiger partial charge in [-0.25, -0.2) is 0 Å². The maximum atomic E-state index is 5.94. The summed E-state index contributed by atoms with van der Waals surface area (Å²) in [6.45, 7) is 4.61. The van der Waals surface area contributed by atoms with Crippen LogP contribution in [0.4, 0.5) is 0 Å². The molecular formula is C12H12BrClN2OS.